The molecule has 0 fully saturated rings. The normalized spacial score (nSPS) is 12.9. The molecule has 1 N–H and O–H groups in total. The van der Waals surface area contributed by atoms with E-state index in [1.807, 2.05) is 0 Å². The minimum absolute atomic E-state index is 0.0669. The summed E-state index contributed by atoms with van der Waals surface area (Å²) >= 11 is 0. The van der Waals surface area contributed by atoms with Crippen molar-refractivity contribution in [2.24, 2.45) is 0 Å². The molecule has 3 aromatic rings. The average Bonchev–Trinajstić information content (AvgIpc) is 2.78. The first-order valence-electron chi connectivity index (χ1n) is 9.38. The molecule has 3 aromatic carbocycles. The Morgan fingerprint density at radius 2 is 1.57 bits per heavy atom. The summed E-state index contributed by atoms with van der Waals surface area (Å²) in [6.45, 7) is 0.890. The summed E-state index contributed by atoms with van der Waals surface area (Å²) in [6.07, 6.45) is 1.45. The Morgan fingerprint density at radius 3 is 2.30 bits per heavy atom. The second-order valence-corrected chi connectivity index (χ2v) is 6.62. The lowest BCUT2D eigenvalue weighted by molar-refractivity contribution is -0.112. The maximum absolute atomic E-state index is 13.2. The van der Waals surface area contributed by atoms with Crippen LogP contribution in [0.2, 0.25) is 0 Å². The molecule has 0 aliphatic carbocycles. The first kappa shape index (κ1) is 19.4. The molecule has 1 heterocycles. The second kappa shape index (κ2) is 8.61. The number of amides is 1. The van der Waals surface area contributed by atoms with Gasteiger partial charge < -0.3 is 14.8 Å². The Hall–Kier alpha value is -3.93. The van der Waals surface area contributed by atoms with E-state index in [0.29, 0.717) is 41.5 Å². The number of Topliss-reactive ketones (excluding diaryl/α,β-unsaturated/α-hetero) is 1. The molecule has 0 aromatic heterocycles. The van der Waals surface area contributed by atoms with Gasteiger partial charge in [0.05, 0.1) is 5.57 Å². The number of ether oxygens (including phenoxy) is 2. The number of carbonyl (C=O) groups excluding carboxylic acids is 2. The van der Waals surface area contributed by atoms with Gasteiger partial charge in [-0.15, -0.1) is 0 Å². The molecule has 1 aliphatic rings. The van der Waals surface area contributed by atoms with Crippen LogP contribution in [0.4, 0.5) is 10.1 Å². The van der Waals surface area contributed by atoms with Crippen LogP contribution in [0.3, 0.4) is 0 Å². The second-order valence-electron chi connectivity index (χ2n) is 6.62. The fraction of sp³-hybridized carbons (Fsp3) is 0.0833. The van der Waals surface area contributed by atoms with E-state index < -0.39 is 17.5 Å². The number of hydrogen-bond donors (Lipinski definition) is 1. The standard InChI is InChI=1S/C24H18FNO4/c25-18-8-6-16(7-9-18)14-20(23(27)17-4-2-1-3-5-17)24(28)26-19-10-11-21-22(15-19)30-13-12-29-21/h1-11,14-15H,12-13H2,(H,26,28)/b20-14+. The molecule has 1 aliphatic heterocycles. The molecule has 0 radical (unpaired) electrons. The van der Waals surface area contributed by atoms with Gasteiger partial charge in [-0.3, -0.25) is 9.59 Å². The number of rotatable bonds is 5. The lowest BCUT2D eigenvalue weighted by Crippen LogP contribution is -2.21. The molecule has 4 rings (SSSR count). The Bertz CT molecular complexity index is 1110. The molecule has 30 heavy (non-hydrogen) atoms. The van der Waals surface area contributed by atoms with Gasteiger partial charge in [-0.1, -0.05) is 42.5 Å². The average molecular weight is 403 g/mol. The van der Waals surface area contributed by atoms with E-state index in [2.05, 4.69) is 5.32 Å². The van der Waals surface area contributed by atoms with Crippen LogP contribution in [0.15, 0.2) is 78.4 Å². The summed E-state index contributed by atoms with van der Waals surface area (Å²) in [6, 6.07) is 19.1. The molecule has 5 nitrogen and oxygen atoms in total. The third-order valence-electron chi connectivity index (χ3n) is 4.51. The highest BCUT2D eigenvalue weighted by atomic mass is 19.1. The van der Waals surface area contributed by atoms with Crippen molar-refractivity contribution in [1.29, 1.82) is 0 Å². The van der Waals surface area contributed by atoms with E-state index in [4.69, 9.17) is 9.47 Å². The van der Waals surface area contributed by atoms with Crippen molar-refractivity contribution in [2.75, 3.05) is 18.5 Å². The van der Waals surface area contributed by atoms with Crippen LogP contribution in [0.25, 0.3) is 6.08 Å². The van der Waals surface area contributed by atoms with E-state index in [1.54, 1.807) is 48.5 Å². The van der Waals surface area contributed by atoms with Crippen molar-refractivity contribution in [3.05, 3.63) is 95.3 Å². The lowest BCUT2D eigenvalue weighted by atomic mass is 10.00. The predicted octanol–water partition coefficient (Wildman–Crippen LogP) is 4.50. The SMILES string of the molecule is O=C(Nc1ccc2c(c1)OCCO2)/C(=C/c1ccc(F)cc1)C(=O)c1ccccc1. The van der Waals surface area contributed by atoms with Crippen molar-refractivity contribution in [2.45, 2.75) is 0 Å². The fourth-order valence-corrected chi connectivity index (χ4v) is 3.02. The number of carbonyl (C=O) groups is 2. The summed E-state index contributed by atoms with van der Waals surface area (Å²) < 4.78 is 24.3. The van der Waals surface area contributed by atoms with Crippen molar-refractivity contribution in [3.63, 3.8) is 0 Å². The van der Waals surface area contributed by atoms with Gasteiger partial charge >= 0.3 is 0 Å². The molecular weight excluding hydrogens is 385 g/mol. The first-order valence-corrected chi connectivity index (χ1v) is 9.38. The molecule has 0 unspecified atom stereocenters. The quantitative estimate of drug-likeness (QED) is 0.295. The molecule has 6 heteroatoms. The number of fused-ring (bicyclic) bond motifs is 1. The first-order chi connectivity index (χ1) is 14.6. The van der Waals surface area contributed by atoms with E-state index in [0.717, 1.165) is 0 Å². The maximum atomic E-state index is 13.2. The van der Waals surface area contributed by atoms with Crippen molar-refractivity contribution in [1.82, 2.24) is 0 Å². The van der Waals surface area contributed by atoms with E-state index >= 15 is 0 Å². The molecule has 1 amide bonds. The highest BCUT2D eigenvalue weighted by Gasteiger charge is 2.21. The van der Waals surface area contributed by atoms with Crippen LogP contribution >= 0.6 is 0 Å². The van der Waals surface area contributed by atoms with Crippen LogP contribution in [-0.4, -0.2) is 24.9 Å². The van der Waals surface area contributed by atoms with E-state index in [1.165, 1.54) is 30.3 Å². The van der Waals surface area contributed by atoms with Crippen molar-refractivity contribution < 1.29 is 23.5 Å². The van der Waals surface area contributed by atoms with Crippen molar-refractivity contribution >= 4 is 23.5 Å². The minimum atomic E-state index is -0.579. The van der Waals surface area contributed by atoms with Crippen LogP contribution in [0, 0.1) is 5.82 Å². The number of halogens is 1. The van der Waals surface area contributed by atoms with Crippen LogP contribution in [0.5, 0.6) is 11.5 Å². The Balaban J connectivity index is 1.65. The maximum Gasteiger partial charge on any atom is 0.259 e. The highest BCUT2D eigenvalue weighted by molar-refractivity contribution is 6.31. The van der Waals surface area contributed by atoms with E-state index in [-0.39, 0.29) is 5.57 Å². The molecular formula is C24H18FNO4. The number of ketones is 1. The molecule has 0 bridgehead atoms. The molecule has 150 valence electrons. The fourth-order valence-electron chi connectivity index (χ4n) is 3.02. The summed E-state index contributed by atoms with van der Waals surface area (Å²) in [7, 11) is 0. The number of benzene rings is 3. The van der Waals surface area contributed by atoms with Crippen LogP contribution < -0.4 is 14.8 Å². The Morgan fingerprint density at radius 1 is 0.867 bits per heavy atom. The number of nitrogens with one attached hydrogen (secondary N) is 1. The molecule has 0 atom stereocenters. The Kier molecular flexibility index (Phi) is 5.57. The third-order valence-corrected chi connectivity index (χ3v) is 4.51. The van der Waals surface area contributed by atoms with Gasteiger partial charge in [0.2, 0.25) is 0 Å². The monoisotopic (exact) mass is 403 g/mol. The van der Waals surface area contributed by atoms with Gasteiger partial charge in [0, 0.05) is 17.3 Å². The van der Waals surface area contributed by atoms with Gasteiger partial charge in [-0.2, -0.15) is 0 Å². The highest BCUT2D eigenvalue weighted by Crippen LogP contribution is 2.32. The van der Waals surface area contributed by atoms with Gasteiger partial charge in [0.1, 0.15) is 19.0 Å². The van der Waals surface area contributed by atoms with Crippen LogP contribution in [0.1, 0.15) is 15.9 Å². The third kappa shape index (κ3) is 4.38. The van der Waals surface area contributed by atoms with Crippen LogP contribution in [-0.2, 0) is 4.79 Å². The summed E-state index contributed by atoms with van der Waals surface area (Å²) in [5.74, 6) is -0.289. The topological polar surface area (TPSA) is 64.6 Å². The molecule has 0 saturated heterocycles. The largest absolute Gasteiger partial charge is 0.486 e. The minimum Gasteiger partial charge on any atom is -0.486 e. The summed E-state index contributed by atoms with van der Waals surface area (Å²) in [5.41, 5.74) is 1.31. The zero-order valence-electron chi connectivity index (χ0n) is 15.9. The smallest absolute Gasteiger partial charge is 0.259 e. The zero-order valence-corrected chi connectivity index (χ0v) is 15.9. The number of hydrogen-bond acceptors (Lipinski definition) is 4. The predicted molar refractivity (Wildman–Crippen MR) is 111 cm³/mol. The van der Waals surface area contributed by atoms with Crippen molar-refractivity contribution in [3.8, 4) is 11.5 Å². The summed E-state index contributed by atoms with van der Waals surface area (Å²) in [5, 5.41) is 2.74. The zero-order chi connectivity index (χ0) is 20.9. The van der Waals surface area contributed by atoms with Gasteiger partial charge in [0.25, 0.3) is 5.91 Å². The van der Waals surface area contributed by atoms with E-state index in [9.17, 15) is 14.0 Å². The van der Waals surface area contributed by atoms with Gasteiger partial charge in [0.15, 0.2) is 17.3 Å². The van der Waals surface area contributed by atoms with Gasteiger partial charge in [-0.05, 0) is 35.9 Å². The lowest BCUT2D eigenvalue weighted by Gasteiger charge is -2.19. The molecule has 0 saturated carbocycles. The summed E-state index contributed by atoms with van der Waals surface area (Å²) in [4.78, 5) is 26.1. The molecule has 0 spiro atoms. The Labute approximate surface area is 172 Å². The number of anilines is 1. The van der Waals surface area contributed by atoms with Gasteiger partial charge in [-0.25, -0.2) is 4.39 Å².